The van der Waals surface area contributed by atoms with Crippen molar-refractivity contribution >= 4 is 10.9 Å². The Bertz CT molecular complexity index is 594. The molecule has 0 radical (unpaired) electrons. The van der Waals surface area contributed by atoms with Crippen LogP contribution in [0.5, 0.6) is 0 Å². The van der Waals surface area contributed by atoms with E-state index in [4.69, 9.17) is 0 Å². The van der Waals surface area contributed by atoms with E-state index in [1.807, 2.05) is 0 Å². The average Bonchev–Trinajstić information content (AvgIpc) is 2.75. The maximum Gasteiger partial charge on any atom is 0.0483 e. The van der Waals surface area contributed by atoms with Crippen LogP contribution in [0, 0.1) is 6.92 Å². The summed E-state index contributed by atoms with van der Waals surface area (Å²) in [6.45, 7) is 9.11. The molecule has 1 aliphatic heterocycles. The van der Waals surface area contributed by atoms with Gasteiger partial charge in [0.1, 0.15) is 0 Å². The Kier molecular flexibility index (Phi) is 3.81. The predicted molar refractivity (Wildman–Crippen MR) is 85.1 cm³/mol. The summed E-state index contributed by atoms with van der Waals surface area (Å²) in [4.78, 5) is 2.64. The molecule has 1 aromatic heterocycles. The molecule has 0 bridgehead atoms. The second-order valence-electron chi connectivity index (χ2n) is 5.79. The molecular weight excluding hydrogens is 246 g/mol. The minimum Gasteiger partial charge on any atom is -0.348 e. The van der Waals surface area contributed by atoms with Crippen molar-refractivity contribution in [1.82, 2.24) is 14.8 Å². The van der Waals surface area contributed by atoms with E-state index in [0.29, 0.717) is 6.04 Å². The van der Waals surface area contributed by atoms with Gasteiger partial charge in [-0.15, -0.1) is 0 Å². The summed E-state index contributed by atoms with van der Waals surface area (Å²) in [5, 5.41) is 4.88. The second kappa shape index (κ2) is 5.58. The molecule has 108 valence electrons. The fraction of sp³-hybridized carbons (Fsp3) is 0.529. The number of fused-ring (bicyclic) bond motifs is 1. The lowest BCUT2D eigenvalue weighted by atomic mass is 9.98. The molecule has 2 aromatic rings. The van der Waals surface area contributed by atoms with E-state index in [9.17, 15) is 0 Å². The monoisotopic (exact) mass is 271 g/mol. The zero-order chi connectivity index (χ0) is 14.1. The van der Waals surface area contributed by atoms with Crippen LogP contribution in [0.4, 0.5) is 0 Å². The second-order valence-corrected chi connectivity index (χ2v) is 5.79. The summed E-state index contributed by atoms with van der Waals surface area (Å²) >= 11 is 0. The molecule has 0 saturated carbocycles. The molecule has 1 N–H and O–H groups in total. The van der Waals surface area contributed by atoms with Gasteiger partial charge in [0.05, 0.1) is 0 Å². The molecule has 1 unspecified atom stereocenters. The van der Waals surface area contributed by atoms with Crippen molar-refractivity contribution in [3.05, 3.63) is 35.5 Å². The van der Waals surface area contributed by atoms with Crippen LogP contribution in [0.15, 0.2) is 24.3 Å². The van der Waals surface area contributed by atoms with Crippen LogP contribution in [-0.2, 0) is 7.05 Å². The highest BCUT2D eigenvalue weighted by Crippen LogP contribution is 2.35. The first-order valence-electron chi connectivity index (χ1n) is 7.72. The van der Waals surface area contributed by atoms with Gasteiger partial charge in [0.15, 0.2) is 0 Å². The first kappa shape index (κ1) is 13.7. The summed E-state index contributed by atoms with van der Waals surface area (Å²) in [7, 11) is 2.19. The minimum atomic E-state index is 0.545. The smallest absolute Gasteiger partial charge is 0.0483 e. The van der Waals surface area contributed by atoms with Crippen molar-refractivity contribution in [3.8, 4) is 0 Å². The molecule has 20 heavy (non-hydrogen) atoms. The fourth-order valence-corrected chi connectivity index (χ4v) is 3.61. The van der Waals surface area contributed by atoms with Crippen molar-refractivity contribution in [2.45, 2.75) is 26.3 Å². The van der Waals surface area contributed by atoms with Crippen molar-refractivity contribution in [3.63, 3.8) is 0 Å². The number of benzene rings is 1. The molecule has 3 heteroatoms. The Morgan fingerprint density at radius 1 is 1.20 bits per heavy atom. The van der Waals surface area contributed by atoms with Gasteiger partial charge in [-0.1, -0.05) is 25.1 Å². The van der Waals surface area contributed by atoms with Crippen molar-refractivity contribution < 1.29 is 0 Å². The fourth-order valence-electron chi connectivity index (χ4n) is 3.61. The average molecular weight is 271 g/mol. The van der Waals surface area contributed by atoms with Crippen LogP contribution in [-0.4, -0.2) is 35.6 Å². The summed E-state index contributed by atoms with van der Waals surface area (Å²) < 4.78 is 2.34. The highest BCUT2D eigenvalue weighted by molar-refractivity contribution is 5.86. The van der Waals surface area contributed by atoms with E-state index in [1.54, 1.807) is 0 Å². The van der Waals surface area contributed by atoms with Crippen LogP contribution in [0.2, 0.25) is 0 Å². The molecule has 2 heterocycles. The largest absolute Gasteiger partial charge is 0.348 e. The third-order valence-electron chi connectivity index (χ3n) is 4.76. The molecule has 1 aliphatic rings. The normalized spacial score (nSPS) is 18.6. The molecule has 0 spiro atoms. The summed E-state index contributed by atoms with van der Waals surface area (Å²) in [6, 6.07) is 9.36. The van der Waals surface area contributed by atoms with Gasteiger partial charge in [0.2, 0.25) is 0 Å². The van der Waals surface area contributed by atoms with E-state index in [2.05, 4.69) is 59.9 Å². The highest BCUT2D eigenvalue weighted by atomic mass is 15.2. The number of rotatable bonds is 3. The lowest BCUT2D eigenvalue weighted by molar-refractivity contribution is 0.170. The highest BCUT2D eigenvalue weighted by Gasteiger charge is 2.25. The first-order chi connectivity index (χ1) is 9.74. The van der Waals surface area contributed by atoms with Gasteiger partial charge >= 0.3 is 0 Å². The lowest BCUT2D eigenvalue weighted by Gasteiger charge is -2.35. The van der Waals surface area contributed by atoms with Crippen molar-refractivity contribution in [2.24, 2.45) is 7.05 Å². The molecule has 1 atom stereocenters. The number of hydrogen-bond acceptors (Lipinski definition) is 2. The number of nitrogens with one attached hydrogen (secondary N) is 1. The molecule has 0 amide bonds. The summed E-state index contributed by atoms with van der Waals surface area (Å²) in [6.07, 6.45) is 1.18. The van der Waals surface area contributed by atoms with E-state index in [0.717, 1.165) is 26.2 Å². The Balaban J connectivity index is 2.09. The topological polar surface area (TPSA) is 20.2 Å². The van der Waals surface area contributed by atoms with Gasteiger partial charge in [-0.25, -0.2) is 0 Å². The zero-order valence-electron chi connectivity index (χ0n) is 12.8. The van der Waals surface area contributed by atoms with E-state index in [-0.39, 0.29) is 0 Å². The number of para-hydroxylation sites is 1. The maximum absolute atomic E-state index is 3.46. The standard InChI is InChI=1S/C17H25N3/c1-4-15(20-11-9-18-10-12-20)17-13(2)19(3)16-8-6-5-7-14(16)17/h5-8,15,18H,4,9-12H2,1-3H3. The summed E-state index contributed by atoms with van der Waals surface area (Å²) in [5.74, 6) is 0. The Morgan fingerprint density at radius 2 is 1.90 bits per heavy atom. The number of piperazine rings is 1. The lowest BCUT2D eigenvalue weighted by Crippen LogP contribution is -2.45. The van der Waals surface area contributed by atoms with Crippen LogP contribution in [0.3, 0.4) is 0 Å². The van der Waals surface area contributed by atoms with Crippen molar-refractivity contribution in [2.75, 3.05) is 26.2 Å². The maximum atomic E-state index is 3.46. The van der Waals surface area contributed by atoms with E-state index < -0.39 is 0 Å². The van der Waals surface area contributed by atoms with Gasteiger partial charge in [0, 0.05) is 55.9 Å². The molecule has 0 aliphatic carbocycles. The number of hydrogen-bond donors (Lipinski definition) is 1. The molecule has 3 rings (SSSR count). The summed E-state index contributed by atoms with van der Waals surface area (Å²) in [5.41, 5.74) is 4.30. The Morgan fingerprint density at radius 3 is 2.60 bits per heavy atom. The van der Waals surface area contributed by atoms with E-state index in [1.165, 1.54) is 28.6 Å². The van der Waals surface area contributed by atoms with Crippen LogP contribution in [0.1, 0.15) is 30.6 Å². The van der Waals surface area contributed by atoms with Gasteiger partial charge in [-0.3, -0.25) is 4.90 Å². The van der Waals surface area contributed by atoms with Gasteiger partial charge in [-0.05, 0) is 25.0 Å². The Labute approximate surface area is 121 Å². The first-order valence-corrected chi connectivity index (χ1v) is 7.72. The number of aromatic nitrogens is 1. The number of nitrogens with zero attached hydrogens (tertiary/aromatic N) is 2. The third kappa shape index (κ3) is 2.15. The number of aryl methyl sites for hydroxylation is 1. The van der Waals surface area contributed by atoms with E-state index >= 15 is 0 Å². The predicted octanol–water partition coefficient (Wildman–Crippen LogP) is 2.84. The molecular formula is C17H25N3. The molecule has 1 saturated heterocycles. The zero-order valence-corrected chi connectivity index (χ0v) is 12.8. The molecule has 1 aromatic carbocycles. The third-order valence-corrected chi connectivity index (χ3v) is 4.76. The van der Waals surface area contributed by atoms with Gasteiger partial charge in [-0.2, -0.15) is 0 Å². The van der Waals surface area contributed by atoms with Crippen LogP contribution >= 0.6 is 0 Å². The minimum absolute atomic E-state index is 0.545. The Hall–Kier alpha value is -1.32. The molecule has 1 fully saturated rings. The van der Waals surface area contributed by atoms with Crippen molar-refractivity contribution in [1.29, 1.82) is 0 Å². The van der Waals surface area contributed by atoms with Crippen LogP contribution in [0.25, 0.3) is 10.9 Å². The van der Waals surface area contributed by atoms with Gasteiger partial charge in [0.25, 0.3) is 0 Å². The quantitative estimate of drug-likeness (QED) is 0.926. The van der Waals surface area contributed by atoms with Crippen LogP contribution < -0.4 is 5.32 Å². The SMILES string of the molecule is CCC(c1c(C)n(C)c2ccccc12)N1CCNCC1. The molecule has 3 nitrogen and oxygen atoms in total. The van der Waals surface area contributed by atoms with Gasteiger partial charge < -0.3 is 9.88 Å².